The number of nitrogens with one attached hydrogen (secondary N) is 1. The van der Waals surface area contributed by atoms with Gasteiger partial charge in [0.1, 0.15) is 0 Å². The summed E-state index contributed by atoms with van der Waals surface area (Å²) in [7, 11) is 0. The van der Waals surface area contributed by atoms with Crippen LogP contribution in [-0.2, 0) is 16.1 Å². The molecule has 5 nitrogen and oxygen atoms in total. The highest BCUT2D eigenvalue weighted by Gasteiger charge is 2.26. The summed E-state index contributed by atoms with van der Waals surface area (Å²) in [6, 6.07) is 5.58. The number of rotatable bonds is 6. The van der Waals surface area contributed by atoms with Crippen LogP contribution in [0.3, 0.4) is 0 Å². The summed E-state index contributed by atoms with van der Waals surface area (Å²) in [6.45, 7) is 7.48. The lowest BCUT2D eigenvalue weighted by Gasteiger charge is -2.32. The van der Waals surface area contributed by atoms with E-state index in [1.165, 1.54) is 0 Å². The summed E-state index contributed by atoms with van der Waals surface area (Å²) in [5, 5.41) is 4.49. The van der Waals surface area contributed by atoms with Crippen LogP contribution in [0.15, 0.2) is 18.2 Å². The minimum atomic E-state index is 0.0368. The van der Waals surface area contributed by atoms with Crippen LogP contribution in [-0.4, -0.2) is 68.2 Å². The number of amides is 1. The fourth-order valence-corrected chi connectivity index (χ4v) is 4.14. The second-order valence-electron chi connectivity index (χ2n) is 7.02. The van der Waals surface area contributed by atoms with Gasteiger partial charge in [0.25, 0.3) is 0 Å². The average Bonchev–Trinajstić information content (AvgIpc) is 2.66. The van der Waals surface area contributed by atoms with E-state index < -0.39 is 0 Å². The van der Waals surface area contributed by atoms with E-state index in [0.717, 1.165) is 64.3 Å². The Bertz CT molecular complexity index is 588. The van der Waals surface area contributed by atoms with Crippen molar-refractivity contribution in [1.82, 2.24) is 15.1 Å². The molecule has 1 aromatic carbocycles. The summed E-state index contributed by atoms with van der Waals surface area (Å²) in [6.07, 6.45) is 1.96. The molecule has 0 spiro atoms. The van der Waals surface area contributed by atoms with Crippen LogP contribution in [0.5, 0.6) is 0 Å². The predicted octanol–water partition coefficient (Wildman–Crippen LogP) is 2.65. The van der Waals surface area contributed by atoms with E-state index in [1.54, 1.807) is 0 Å². The normalized spacial score (nSPS) is 22.3. The van der Waals surface area contributed by atoms with Gasteiger partial charge < -0.3 is 10.1 Å². The molecule has 2 aliphatic heterocycles. The molecule has 2 saturated heterocycles. The van der Waals surface area contributed by atoms with E-state index >= 15 is 0 Å². The first-order valence-corrected chi connectivity index (χ1v) is 10.1. The van der Waals surface area contributed by atoms with Gasteiger partial charge in [-0.15, -0.1) is 0 Å². The maximum Gasteiger partial charge on any atom is 0.224 e. The Kier molecular flexibility index (Phi) is 7.58. The molecule has 0 radical (unpaired) electrons. The van der Waals surface area contributed by atoms with E-state index in [2.05, 4.69) is 15.1 Å². The number of benzene rings is 1. The molecular formula is C19H27Cl2N3O2. The van der Waals surface area contributed by atoms with Gasteiger partial charge in [0.2, 0.25) is 5.91 Å². The molecule has 1 amide bonds. The van der Waals surface area contributed by atoms with Crippen LogP contribution < -0.4 is 5.32 Å². The summed E-state index contributed by atoms with van der Waals surface area (Å²) < 4.78 is 5.35. The number of ether oxygens (including phenoxy) is 1. The third-order valence-electron chi connectivity index (χ3n) is 5.15. The van der Waals surface area contributed by atoms with Crippen LogP contribution in [0, 0.1) is 5.92 Å². The minimum absolute atomic E-state index is 0.0368. The topological polar surface area (TPSA) is 44.8 Å². The first-order chi connectivity index (χ1) is 12.6. The first kappa shape index (κ1) is 19.9. The van der Waals surface area contributed by atoms with E-state index in [9.17, 15) is 4.79 Å². The number of piperidine rings is 1. The Morgan fingerprint density at radius 2 is 1.88 bits per heavy atom. The summed E-state index contributed by atoms with van der Waals surface area (Å²) in [5.41, 5.74) is 0.948. The van der Waals surface area contributed by atoms with Gasteiger partial charge in [-0.25, -0.2) is 0 Å². The number of carbonyl (C=O) groups is 1. The second-order valence-corrected chi connectivity index (χ2v) is 7.83. The quantitative estimate of drug-likeness (QED) is 0.798. The Hall–Kier alpha value is -0.850. The lowest BCUT2D eigenvalue weighted by Crippen LogP contribution is -2.45. The number of hydrogen-bond donors (Lipinski definition) is 1. The molecule has 0 bridgehead atoms. The van der Waals surface area contributed by atoms with Gasteiger partial charge in [0.15, 0.2) is 0 Å². The lowest BCUT2D eigenvalue weighted by molar-refractivity contribution is -0.126. The van der Waals surface area contributed by atoms with E-state index in [4.69, 9.17) is 27.9 Å². The fraction of sp³-hybridized carbons (Fsp3) is 0.632. The Morgan fingerprint density at radius 1 is 1.15 bits per heavy atom. The molecule has 2 aliphatic rings. The van der Waals surface area contributed by atoms with Crippen LogP contribution in [0.1, 0.15) is 18.4 Å². The fourth-order valence-electron chi connectivity index (χ4n) is 3.63. The average molecular weight is 400 g/mol. The molecule has 0 aromatic heterocycles. The van der Waals surface area contributed by atoms with Gasteiger partial charge in [0, 0.05) is 54.9 Å². The summed E-state index contributed by atoms with van der Waals surface area (Å²) in [5.74, 6) is 0.197. The van der Waals surface area contributed by atoms with Crippen LogP contribution in [0.2, 0.25) is 10.0 Å². The van der Waals surface area contributed by atoms with Gasteiger partial charge in [-0.1, -0.05) is 29.3 Å². The number of morpholine rings is 1. The van der Waals surface area contributed by atoms with Gasteiger partial charge in [0.05, 0.1) is 19.1 Å². The Balaban J connectivity index is 1.45. The smallest absolute Gasteiger partial charge is 0.224 e. The van der Waals surface area contributed by atoms with E-state index in [-0.39, 0.29) is 11.8 Å². The molecule has 1 atom stereocenters. The maximum atomic E-state index is 12.5. The van der Waals surface area contributed by atoms with Crippen molar-refractivity contribution >= 4 is 29.1 Å². The Morgan fingerprint density at radius 3 is 2.62 bits per heavy atom. The molecule has 1 unspecified atom stereocenters. The third kappa shape index (κ3) is 5.57. The second kappa shape index (κ2) is 9.90. The van der Waals surface area contributed by atoms with Crippen molar-refractivity contribution in [3.05, 3.63) is 33.8 Å². The maximum absolute atomic E-state index is 12.5. The number of nitrogens with zero attached hydrogens (tertiary/aromatic N) is 2. The van der Waals surface area contributed by atoms with Crippen molar-refractivity contribution < 1.29 is 9.53 Å². The zero-order chi connectivity index (χ0) is 18.4. The number of carbonyl (C=O) groups excluding carboxylic acids is 1. The van der Waals surface area contributed by atoms with Crippen LogP contribution in [0.25, 0.3) is 0 Å². The molecule has 2 heterocycles. The largest absolute Gasteiger partial charge is 0.379 e. The third-order valence-corrected chi connectivity index (χ3v) is 5.86. The number of hydrogen-bond acceptors (Lipinski definition) is 4. The molecule has 26 heavy (non-hydrogen) atoms. The predicted molar refractivity (Wildman–Crippen MR) is 105 cm³/mol. The SMILES string of the molecule is O=C(NCCN1CCOCC1)C1CCCN(Cc2c(Cl)cccc2Cl)C1. The summed E-state index contributed by atoms with van der Waals surface area (Å²) in [4.78, 5) is 17.1. The molecule has 0 aliphatic carbocycles. The zero-order valence-electron chi connectivity index (χ0n) is 15.1. The van der Waals surface area contributed by atoms with E-state index in [0.29, 0.717) is 23.1 Å². The standard InChI is InChI=1S/C19H27Cl2N3O2/c20-17-4-1-5-18(21)16(17)14-24-7-2-3-15(13-24)19(25)22-6-8-23-9-11-26-12-10-23/h1,4-5,15H,2-3,6-14H2,(H,22,25). The minimum Gasteiger partial charge on any atom is -0.379 e. The first-order valence-electron chi connectivity index (χ1n) is 9.36. The van der Waals surface area contributed by atoms with Crippen molar-refractivity contribution in [2.24, 2.45) is 5.92 Å². The van der Waals surface area contributed by atoms with Gasteiger partial charge >= 0.3 is 0 Å². The molecule has 7 heteroatoms. The molecule has 1 N–H and O–H groups in total. The molecule has 1 aromatic rings. The molecular weight excluding hydrogens is 373 g/mol. The van der Waals surface area contributed by atoms with E-state index in [1.807, 2.05) is 18.2 Å². The highest BCUT2D eigenvalue weighted by atomic mass is 35.5. The molecule has 2 fully saturated rings. The zero-order valence-corrected chi connectivity index (χ0v) is 16.6. The highest BCUT2D eigenvalue weighted by molar-refractivity contribution is 6.35. The number of halogens is 2. The van der Waals surface area contributed by atoms with Gasteiger partial charge in [-0.3, -0.25) is 14.6 Å². The molecule has 0 saturated carbocycles. The van der Waals surface area contributed by atoms with Crippen molar-refractivity contribution in [3.63, 3.8) is 0 Å². The molecule has 144 valence electrons. The Labute approximate surface area is 165 Å². The van der Waals surface area contributed by atoms with Crippen LogP contribution >= 0.6 is 23.2 Å². The van der Waals surface area contributed by atoms with Gasteiger partial charge in [-0.2, -0.15) is 0 Å². The van der Waals surface area contributed by atoms with Crippen molar-refractivity contribution in [3.8, 4) is 0 Å². The van der Waals surface area contributed by atoms with Crippen LogP contribution in [0.4, 0.5) is 0 Å². The monoisotopic (exact) mass is 399 g/mol. The van der Waals surface area contributed by atoms with Gasteiger partial charge in [-0.05, 0) is 31.5 Å². The number of likely N-dealkylation sites (tertiary alicyclic amines) is 1. The van der Waals surface area contributed by atoms with Crippen molar-refractivity contribution in [2.75, 3.05) is 52.5 Å². The summed E-state index contributed by atoms with van der Waals surface area (Å²) >= 11 is 12.6. The highest BCUT2D eigenvalue weighted by Crippen LogP contribution is 2.27. The molecule has 3 rings (SSSR count). The van der Waals surface area contributed by atoms with Crippen molar-refractivity contribution in [2.45, 2.75) is 19.4 Å². The van der Waals surface area contributed by atoms with Crippen molar-refractivity contribution in [1.29, 1.82) is 0 Å². The lowest BCUT2D eigenvalue weighted by atomic mass is 9.96.